The van der Waals surface area contributed by atoms with Crippen molar-refractivity contribution in [3.63, 3.8) is 0 Å². The highest BCUT2D eigenvalue weighted by atomic mass is 16.2. The van der Waals surface area contributed by atoms with E-state index in [9.17, 15) is 9.59 Å². The molecule has 4 rings (SSSR count). The molecule has 0 atom stereocenters. The second-order valence-electron chi connectivity index (χ2n) is 7.29. The van der Waals surface area contributed by atoms with Crippen LogP contribution in [-0.4, -0.2) is 45.4 Å². The van der Waals surface area contributed by atoms with Crippen molar-refractivity contribution in [2.75, 3.05) is 24.7 Å². The van der Waals surface area contributed by atoms with E-state index in [2.05, 4.69) is 20.7 Å². The molecule has 0 fully saturated rings. The molecule has 0 saturated heterocycles. The van der Waals surface area contributed by atoms with Gasteiger partial charge in [0, 0.05) is 49.7 Å². The van der Waals surface area contributed by atoms with Gasteiger partial charge in [0.2, 0.25) is 11.9 Å². The first-order valence-electron chi connectivity index (χ1n) is 9.73. The Hall–Kier alpha value is -4.20. The van der Waals surface area contributed by atoms with Crippen molar-refractivity contribution in [1.82, 2.24) is 19.5 Å². The summed E-state index contributed by atoms with van der Waals surface area (Å²) in [6, 6.07) is 18.6. The van der Waals surface area contributed by atoms with E-state index in [0.29, 0.717) is 17.2 Å². The topological polar surface area (TPSA) is 91.6 Å². The maximum absolute atomic E-state index is 12.1. The molecule has 8 heteroatoms. The van der Waals surface area contributed by atoms with Gasteiger partial charge in [0.15, 0.2) is 5.65 Å². The standard InChI is InChI=1S/C23H22N6O2/c1-15(30)24-18-10-12-19(13-11-18)25-23-26-21-20(5-4-14-29(21)27-23)16-6-8-17(9-7-16)22(31)28(2)3/h4-14H,1-3H3,(H,24,30)(H,25,27). The predicted octanol–water partition coefficient (Wildman–Crippen LogP) is 3.80. The second kappa shape index (κ2) is 8.27. The van der Waals surface area contributed by atoms with Crippen LogP contribution in [0.25, 0.3) is 16.8 Å². The number of fused-ring (bicyclic) bond motifs is 1. The minimum Gasteiger partial charge on any atom is -0.345 e. The van der Waals surface area contributed by atoms with Crippen molar-refractivity contribution in [3.05, 3.63) is 72.4 Å². The number of pyridine rings is 1. The highest BCUT2D eigenvalue weighted by molar-refractivity contribution is 5.94. The number of rotatable bonds is 5. The quantitative estimate of drug-likeness (QED) is 0.518. The average molecular weight is 414 g/mol. The smallest absolute Gasteiger partial charge is 0.253 e. The number of hydrogen-bond donors (Lipinski definition) is 2. The molecule has 8 nitrogen and oxygen atoms in total. The van der Waals surface area contributed by atoms with Gasteiger partial charge >= 0.3 is 0 Å². The summed E-state index contributed by atoms with van der Waals surface area (Å²) in [6.45, 7) is 1.47. The number of carbonyl (C=O) groups is 2. The van der Waals surface area contributed by atoms with Crippen LogP contribution in [0, 0.1) is 0 Å². The van der Waals surface area contributed by atoms with Crippen molar-refractivity contribution in [2.24, 2.45) is 0 Å². The fourth-order valence-electron chi connectivity index (χ4n) is 3.20. The van der Waals surface area contributed by atoms with Crippen LogP contribution >= 0.6 is 0 Å². The molecule has 4 aromatic rings. The molecule has 0 aliphatic carbocycles. The number of amides is 2. The van der Waals surface area contributed by atoms with E-state index in [1.807, 2.05) is 66.9 Å². The molecule has 0 spiro atoms. The first kappa shape index (κ1) is 20.1. The fraction of sp³-hybridized carbons (Fsp3) is 0.130. The molecule has 0 saturated carbocycles. The summed E-state index contributed by atoms with van der Waals surface area (Å²) >= 11 is 0. The average Bonchev–Trinajstić information content (AvgIpc) is 3.17. The summed E-state index contributed by atoms with van der Waals surface area (Å²) in [7, 11) is 3.46. The Morgan fingerprint density at radius 3 is 2.26 bits per heavy atom. The largest absolute Gasteiger partial charge is 0.345 e. The van der Waals surface area contributed by atoms with Crippen molar-refractivity contribution in [3.8, 4) is 11.1 Å². The number of aromatic nitrogens is 3. The molecule has 2 N–H and O–H groups in total. The highest BCUT2D eigenvalue weighted by Crippen LogP contribution is 2.26. The molecule has 2 aromatic heterocycles. The second-order valence-corrected chi connectivity index (χ2v) is 7.29. The van der Waals surface area contributed by atoms with Gasteiger partial charge in [-0.25, -0.2) is 4.52 Å². The molecule has 2 heterocycles. The summed E-state index contributed by atoms with van der Waals surface area (Å²) in [5, 5.41) is 10.4. The molecule has 0 aliphatic rings. The molecule has 0 aliphatic heterocycles. The van der Waals surface area contributed by atoms with Gasteiger partial charge in [0.25, 0.3) is 5.91 Å². The Bertz CT molecular complexity index is 1240. The molecule has 0 unspecified atom stereocenters. The lowest BCUT2D eigenvalue weighted by Gasteiger charge is -2.10. The van der Waals surface area contributed by atoms with E-state index in [4.69, 9.17) is 0 Å². The lowest BCUT2D eigenvalue weighted by Crippen LogP contribution is -2.21. The summed E-state index contributed by atoms with van der Waals surface area (Å²) in [5.41, 5.74) is 4.71. The molecule has 2 aromatic carbocycles. The van der Waals surface area contributed by atoms with Gasteiger partial charge in [0.05, 0.1) is 0 Å². The minimum atomic E-state index is -0.116. The number of nitrogens with zero attached hydrogens (tertiary/aromatic N) is 4. The lowest BCUT2D eigenvalue weighted by molar-refractivity contribution is -0.114. The number of hydrogen-bond acceptors (Lipinski definition) is 5. The van der Waals surface area contributed by atoms with Gasteiger partial charge in [-0.3, -0.25) is 9.59 Å². The summed E-state index contributed by atoms with van der Waals surface area (Å²) < 4.78 is 1.71. The van der Waals surface area contributed by atoms with Crippen LogP contribution in [0.2, 0.25) is 0 Å². The van der Waals surface area contributed by atoms with E-state index in [1.165, 1.54) is 6.92 Å². The zero-order valence-electron chi connectivity index (χ0n) is 17.5. The third kappa shape index (κ3) is 4.37. The predicted molar refractivity (Wildman–Crippen MR) is 120 cm³/mol. The lowest BCUT2D eigenvalue weighted by atomic mass is 10.0. The van der Waals surface area contributed by atoms with Gasteiger partial charge in [-0.2, -0.15) is 4.98 Å². The Morgan fingerprint density at radius 2 is 1.61 bits per heavy atom. The van der Waals surface area contributed by atoms with E-state index in [0.717, 1.165) is 22.5 Å². The highest BCUT2D eigenvalue weighted by Gasteiger charge is 2.12. The molecule has 0 bridgehead atoms. The first-order chi connectivity index (χ1) is 14.9. The molecule has 2 amide bonds. The Balaban J connectivity index is 1.60. The van der Waals surface area contributed by atoms with Crippen LogP contribution in [0.3, 0.4) is 0 Å². The van der Waals surface area contributed by atoms with Crippen LogP contribution < -0.4 is 10.6 Å². The van der Waals surface area contributed by atoms with Gasteiger partial charge in [-0.05, 0) is 54.1 Å². The Morgan fingerprint density at radius 1 is 0.935 bits per heavy atom. The van der Waals surface area contributed by atoms with E-state index in [-0.39, 0.29) is 11.8 Å². The van der Waals surface area contributed by atoms with Crippen LogP contribution in [-0.2, 0) is 4.79 Å². The zero-order valence-corrected chi connectivity index (χ0v) is 17.5. The van der Waals surface area contributed by atoms with E-state index < -0.39 is 0 Å². The van der Waals surface area contributed by atoms with Gasteiger partial charge in [-0.15, -0.1) is 5.10 Å². The summed E-state index contributed by atoms with van der Waals surface area (Å²) in [5.74, 6) is 0.303. The minimum absolute atomic E-state index is 0.0387. The monoisotopic (exact) mass is 414 g/mol. The van der Waals surface area contributed by atoms with Gasteiger partial charge in [-0.1, -0.05) is 12.1 Å². The maximum Gasteiger partial charge on any atom is 0.253 e. The van der Waals surface area contributed by atoms with Crippen molar-refractivity contribution < 1.29 is 9.59 Å². The van der Waals surface area contributed by atoms with Crippen molar-refractivity contribution in [2.45, 2.75) is 6.92 Å². The SMILES string of the molecule is CC(=O)Nc1ccc(Nc2nc3c(-c4ccc(C(=O)N(C)C)cc4)cccn3n2)cc1. The van der Waals surface area contributed by atoms with Crippen LogP contribution in [0.15, 0.2) is 66.9 Å². The number of nitrogens with one attached hydrogen (secondary N) is 2. The fourth-order valence-corrected chi connectivity index (χ4v) is 3.20. The number of carbonyl (C=O) groups excluding carboxylic acids is 2. The molecular weight excluding hydrogens is 392 g/mol. The number of anilines is 3. The Kier molecular flexibility index (Phi) is 5.36. The van der Waals surface area contributed by atoms with Gasteiger partial charge in [0.1, 0.15) is 0 Å². The normalized spacial score (nSPS) is 10.7. The first-order valence-corrected chi connectivity index (χ1v) is 9.73. The molecule has 31 heavy (non-hydrogen) atoms. The number of benzene rings is 2. The van der Waals surface area contributed by atoms with Gasteiger partial charge < -0.3 is 15.5 Å². The van der Waals surface area contributed by atoms with Crippen molar-refractivity contribution in [1.29, 1.82) is 0 Å². The molecule has 156 valence electrons. The zero-order chi connectivity index (χ0) is 22.0. The van der Waals surface area contributed by atoms with Crippen LogP contribution in [0.4, 0.5) is 17.3 Å². The Labute approximate surface area is 179 Å². The van der Waals surface area contributed by atoms with Crippen molar-refractivity contribution >= 4 is 34.8 Å². The third-order valence-corrected chi connectivity index (χ3v) is 4.67. The van der Waals surface area contributed by atoms with E-state index >= 15 is 0 Å². The van der Waals surface area contributed by atoms with Crippen LogP contribution in [0.1, 0.15) is 17.3 Å². The van der Waals surface area contributed by atoms with Crippen LogP contribution in [0.5, 0.6) is 0 Å². The maximum atomic E-state index is 12.1. The third-order valence-electron chi connectivity index (χ3n) is 4.67. The summed E-state index contributed by atoms with van der Waals surface area (Å²) in [6.07, 6.45) is 1.83. The molecule has 0 radical (unpaired) electrons. The van der Waals surface area contributed by atoms with E-state index in [1.54, 1.807) is 23.5 Å². The molecular formula is C23H22N6O2. The summed E-state index contributed by atoms with van der Waals surface area (Å²) in [4.78, 5) is 29.5.